The molecular formula is C14H14N4O4S. The van der Waals surface area contributed by atoms with Crippen molar-refractivity contribution < 1.29 is 18.0 Å². The van der Waals surface area contributed by atoms with E-state index in [1.54, 1.807) is 22.9 Å². The third-order valence-corrected chi connectivity index (χ3v) is 4.12. The zero-order valence-electron chi connectivity index (χ0n) is 12.1. The van der Waals surface area contributed by atoms with Crippen molar-refractivity contribution in [2.75, 3.05) is 0 Å². The van der Waals surface area contributed by atoms with E-state index in [1.807, 2.05) is 12.3 Å². The van der Waals surface area contributed by atoms with Crippen LogP contribution in [0.15, 0.2) is 53.7 Å². The number of benzene rings is 1. The van der Waals surface area contributed by atoms with Crippen LogP contribution in [0.25, 0.3) is 0 Å². The standard InChI is InChI=1S/C14H14N4O4S/c1-10-4-6-12(7-5-10)23(21,22)18-14(20)17-16-13(19)11-3-2-8-15-9-11/h2-9H,1H3,(H,16,19)(H2,17,18,20). The SMILES string of the molecule is Cc1ccc(S(=O)(=O)NC(=O)NNC(=O)c2cccnc2)cc1. The molecule has 3 amide bonds. The number of urea groups is 1. The molecule has 23 heavy (non-hydrogen) atoms. The van der Waals surface area contributed by atoms with Crippen molar-refractivity contribution in [2.24, 2.45) is 0 Å². The summed E-state index contributed by atoms with van der Waals surface area (Å²) in [5, 5.41) is 0. The highest BCUT2D eigenvalue weighted by Crippen LogP contribution is 2.09. The smallest absolute Gasteiger partial charge is 0.267 e. The van der Waals surface area contributed by atoms with E-state index < -0.39 is 22.0 Å². The maximum atomic E-state index is 12.0. The van der Waals surface area contributed by atoms with Gasteiger partial charge in [-0.15, -0.1) is 0 Å². The summed E-state index contributed by atoms with van der Waals surface area (Å²) in [7, 11) is -4.01. The maximum absolute atomic E-state index is 12.0. The Morgan fingerprint density at radius 2 is 1.74 bits per heavy atom. The van der Waals surface area contributed by atoms with E-state index in [-0.39, 0.29) is 10.5 Å². The summed E-state index contributed by atoms with van der Waals surface area (Å²) in [6.07, 6.45) is 2.79. The molecule has 0 aliphatic heterocycles. The molecule has 1 heterocycles. The van der Waals surface area contributed by atoms with Gasteiger partial charge in [0.15, 0.2) is 0 Å². The van der Waals surface area contributed by atoms with Gasteiger partial charge in [-0.1, -0.05) is 17.7 Å². The predicted molar refractivity (Wildman–Crippen MR) is 81.7 cm³/mol. The van der Waals surface area contributed by atoms with Gasteiger partial charge in [0.25, 0.3) is 15.9 Å². The molecule has 1 aromatic carbocycles. The van der Waals surface area contributed by atoms with Crippen molar-refractivity contribution in [1.82, 2.24) is 20.6 Å². The second-order valence-electron chi connectivity index (χ2n) is 4.57. The average Bonchev–Trinajstić information content (AvgIpc) is 2.53. The molecule has 2 aromatic rings. The maximum Gasteiger partial charge on any atom is 0.347 e. The Morgan fingerprint density at radius 3 is 2.35 bits per heavy atom. The highest BCUT2D eigenvalue weighted by atomic mass is 32.2. The summed E-state index contributed by atoms with van der Waals surface area (Å²) in [4.78, 5) is 27.0. The molecule has 0 saturated carbocycles. The van der Waals surface area contributed by atoms with Gasteiger partial charge in [0.05, 0.1) is 10.5 Å². The minimum absolute atomic E-state index is 0.0585. The number of aryl methyl sites for hydroxylation is 1. The van der Waals surface area contributed by atoms with Crippen molar-refractivity contribution in [3.05, 3.63) is 59.9 Å². The Labute approximate surface area is 133 Å². The van der Waals surface area contributed by atoms with E-state index in [2.05, 4.69) is 10.4 Å². The zero-order valence-corrected chi connectivity index (χ0v) is 12.9. The average molecular weight is 334 g/mol. The highest BCUT2D eigenvalue weighted by Gasteiger charge is 2.17. The minimum Gasteiger partial charge on any atom is -0.267 e. The number of amides is 3. The molecule has 0 unspecified atom stereocenters. The normalized spacial score (nSPS) is 10.7. The lowest BCUT2D eigenvalue weighted by Gasteiger charge is -2.09. The second kappa shape index (κ2) is 6.88. The fraction of sp³-hybridized carbons (Fsp3) is 0.0714. The van der Waals surface area contributed by atoms with Crippen LogP contribution in [0.2, 0.25) is 0 Å². The number of rotatable bonds is 3. The molecule has 120 valence electrons. The van der Waals surface area contributed by atoms with Gasteiger partial charge >= 0.3 is 6.03 Å². The monoisotopic (exact) mass is 334 g/mol. The van der Waals surface area contributed by atoms with Gasteiger partial charge in [-0.05, 0) is 31.2 Å². The van der Waals surface area contributed by atoms with Gasteiger partial charge in [0.2, 0.25) is 0 Å². The van der Waals surface area contributed by atoms with Crippen LogP contribution in [0.5, 0.6) is 0 Å². The van der Waals surface area contributed by atoms with Crippen molar-refractivity contribution in [1.29, 1.82) is 0 Å². The Morgan fingerprint density at radius 1 is 1.04 bits per heavy atom. The van der Waals surface area contributed by atoms with Crippen LogP contribution in [0.4, 0.5) is 4.79 Å². The lowest BCUT2D eigenvalue weighted by molar-refractivity contribution is 0.0936. The predicted octanol–water partition coefficient (Wildman–Crippen LogP) is 0.723. The molecule has 0 aliphatic rings. The number of nitrogens with one attached hydrogen (secondary N) is 3. The quantitative estimate of drug-likeness (QED) is 0.715. The summed E-state index contributed by atoms with van der Waals surface area (Å²) in [6, 6.07) is 7.93. The third-order valence-electron chi connectivity index (χ3n) is 2.77. The van der Waals surface area contributed by atoms with Gasteiger partial charge in [0, 0.05) is 12.4 Å². The number of sulfonamides is 1. The summed E-state index contributed by atoms with van der Waals surface area (Å²) in [6.45, 7) is 1.81. The lowest BCUT2D eigenvalue weighted by atomic mass is 10.2. The number of hydrazine groups is 1. The van der Waals surface area contributed by atoms with Crippen molar-refractivity contribution in [3.63, 3.8) is 0 Å². The molecule has 2 rings (SSSR count). The Kier molecular flexibility index (Phi) is 4.91. The molecule has 0 radical (unpaired) electrons. The first-order valence-electron chi connectivity index (χ1n) is 6.48. The molecule has 0 aliphatic carbocycles. The van der Waals surface area contributed by atoms with Crippen LogP contribution in [0.3, 0.4) is 0 Å². The number of pyridine rings is 1. The van der Waals surface area contributed by atoms with Crippen LogP contribution < -0.4 is 15.6 Å². The second-order valence-corrected chi connectivity index (χ2v) is 6.25. The van der Waals surface area contributed by atoms with E-state index in [0.717, 1.165) is 5.56 Å². The van der Waals surface area contributed by atoms with Crippen molar-refractivity contribution >= 4 is 22.0 Å². The first-order chi connectivity index (χ1) is 10.9. The Bertz CT molecular complexity index is 804. The molecule has 1 aromatic heterocycles. The summed E-state index contributed by atoms with van der Waals surface area (Å²) >= 11 is 0. The number of carbonyl (C=O) groups is 2. The molecule has 0 atom stereocenters. The fourth-order valence-corrected chi connectivity index (χ4v) is 2.51. The van der Waals surface area contributed by atoms with Gasteiger partial charge < -0.3 is 0 Å². The number of carbonyl (C=O) groups excluding carboxylic acids is 2. The Hall–Kier alpha value is -2.94. The van der Waals surface area contributed by atoms with Crippen LogP contribution in [-0.2, 0) is 10.0 Å². The van der Waals surface area contributed by atoms with Gasteiger partial charge in [0.1, 0.15) is 0 Å². The number of hydrogen-bond acceptors (Lipinski definition) is 5. The van der Waals surface area contributed by atoms with Crippen LogP contribution >= 0.6 is 0 Å². The van der Waals surface area contributed by atoms with E-state index in [1.165, 1.54) is 30.6 Å². The van der Waals surface area contributed by atoms with E-state index in [4.69, 9.17) is 0 Å². The fourth-order valence-electron chi connectivity index (χ4n) is 1.61. The molecule has 9 heteroatoms. The van der Waals surface area contributed by atoms with Crippen LogP contribution in [0, 0.1) is 6.92 Å². The number of nitrogens with zero attached hydrogens (tertiary/aromatic N) is 1. The highest BCUT2D eigenvalue weighted by molar-refractivity contribution is 7.90. The number of aromatic nitrogens is 1. The van der Waals surface area contributed by atoms with Gasteiger partial charge in [-0.25, -0.2) is 23.4 Å². The first kappa shape index (κ1) is 16.4. The van der Waals surface area contributed by atoms with E-state index in [9.17, 15) is 18.0 Å². The largest absolute Gasteiger partial charge is 0.347 e. The molecule has 0 bridgehead atoms. The molecule has 0 saturated heterocycles. The van der Waals surface area contributed by atoms with Gasteiger partial charge in [-0.2, -0.15) is 0 Å². The summed E-state index contributed by atoms with van der Waals surface area (Å²) in [5.41, 5.74) is 5.14. The molecule has 0 spiro atoms. The molecule has 8 nitrogen and oxygen atoms in total. The van der Waals surface area contributed by atoms with Crippen LogP contribution in [0.1, 0.15) is 15.9 Å². The number of hydrogen-bond donors (Lipinski definition) is 3. The third kappa shape index (κ3) is 4.51. The summed E-state index contributed by atoms with van der Waals surface area (Å²) < 4.78 is 25.7. The molecule has 3 N–H and O–H groups in total. The lowest BCUT2D eigenvalue weighted by Crippen LogP contribution is -2.48. The van der Waals surface area contributed by atoms with Crippen LogP contribution in [-0.4, -0.2) is 25.3 Å². The van der Waals surface area contributed by atoms with Crippen molar-refractivity contribution in [3.8, 4) is 0 Å². The van der Waals surface area contributed by atoms with Crippen molar-refractivity contribution in [2.45, 2.75) is 11.8 Å². The molecule has 0 fully saturated rings. The van der Waals surface area contributed by atoms with E-state index >= 15 is 0 Å². The van der Waals surface area contributed by atoms with Gasteiger partial charge in [-0.3, -0.25) is 15.2 Å². The van der Waals surface area contributed by atoms with E-state index in [0.29, 0.717) is 0 Å². The topological polar surface area (TPSA) is 117 Å². The molecular weight excluding hydrogens is 320 g/mol. The zero-order chi connectivity index (χ0) is 16.9. The minimum atomic E-state index is -4.01. The first-order valence-corrected chi connectivity index (χ1v) is 7.96. The summed E-state index contributed by atoms with van der Waals surface area (Å²) in [5.74, 6) is -0.624. The Balaban J connectivity index is 1.94.